The molecule has 0 saturated heterocycles. The molecule has 0 saturated carbocycles. The van der Waals surface area contributed by atoms with Crippen molar-refractivity contribution in [1.82, 2.24) is 4.90 Å². The zero-order valence-electron chi connectivity index (χ0n) is 11.5. The lowest BCUT2D eigenvalue weighted by Crippen LogP contribution is -2.26. The lowest BCUT2D eigenvalue weighted by atomic mass is 10.1. The number of carbonyl (C=O) groups excluding carboxylic acids is 1. The Hall–Kier alpha value is -1.81. The second kappa shape index (κ2) is 6.57. The first-order valence-electron chi connectivity index (χ1n) is 6.24. The monoisotopic (exact) mass is 289 g/mol. The fourth-order valence-corrected chi connectivity index (χ4v) is 2.33. The van der Waals surface area contributed by atoms with Crippen LogP contribution in [0.3, 0.4) is 0 Å². The van der Waals surface area contributed by atoms with E-state index in [1.165, 1.54) is 21.9 Å². The average Bonchev–Trinajstić information content (AvgIpc) is 2.48. The quantitative estimate of drug-likeness (QED) is 0.798. The largest absolute Gasteiger partial charge is 0.337 e. The van der Waals surface area contributed by atoms with Gasteiger partial charge >= 0.3 is 0 Å². The molecule has 0 aliphatic carbocycles. The number of rotatable bonds is 4. The number of carbonyl (C=O) groups is 1. The third-order valence-electron chi connectivity index (χ3n) is 3.03. The number of nitrogens with zero attached hydrogens (tertiary/aromatic N) is 1. The third-order valence-corrected chi connectivity index (χ3v) is 3.77. The van der Waals surface area contributed by atoms with Gasteiger partial charge in [0.25, 0.3) is 5.91 Å². The van der Waals surface area contributed by atoms with E-state index in [1.54, 1.807) is 30.9 Å². The Labute approximate surface area is 122 Å². The van der Waals surface area contributed by atoms with Crippen LogP contribution in [-0.2, 0) is 6.54 Å². The van der Waals surface area contributed by atoms with E-state index in [2.05, 4.69) is 0 Å². The molecule has 0 unspecified atom stereocenters. The van der Waals surface area contributed by atoms with Crippen LogP contribution in [-0.4, -0.2) is 24.1 Å². The van der Waals surface area contributed by atoms with E-state index in [0.29, 0.717) is 6.54 Å². The molecule has 2 aromatic rings. The first kappa shape index (κ1) is 14.6. The SMILES string of the molecule is CSc1ccc(CN(C)C(=O)c2ccccc2F)cc1. The van der Waals surface area contributed by atoms with Gasteiger partial charge in [0.1, 0.15) is 5.82 Å². The molecule has 2 nitrogen and oxygen atoms in total. The number of hydrogen-bond acceptors (Lipinski definition) is 2. The molecule has 0 spiro atoms. The lowest BCUT2D eigenvalue weighted by molar-refractivity contribution is 0.0780. The summed E-state index contributed by atoms with van der Waals surface area (Å²) in [5, 5.41) is 0. The maximum atomic E-state index is 13.6. The second-order valence-electron chi connectivity index (χ2n) is 4.49. The van der Waals surface area contributed by atoms with Gasteiger partial charge in [0.05, 0.1) is 5.56 Å². The van der Waals surface area contributed by atoms with Crippen molar-refractivity contribution >= 4 is 17.7 Å². The van der Waals surface area contributed by atoms with E-state index in [4.69, 9.17) is 0 Å². The fourth-order valence-electron chi connectivity index (χ4n) is 1.92. The summed E-state index contributed by atoms with van der Waals surface area (Å²) in [7, 11) is 1.68. The molecule has 0 heterocycles. The minimum atomic E-state index is -0.484. The van der Waals surface area contributed by atoms with Gasteiger partial charge in [-0.05, 0) is 36.1 Å². The summed E-state index contributed by atoms with van der Waals surface area (Å²) < 4.78 is 13.6. The summed E-state index contributed by atoms with van der Waals surface area (Å²) in [5.74, 6) is -0.792. The topological polar surface area (TPSA) is 20.3 Å². The number of halogens is 1. The van der Waals surface area contributed by atoms with E-state index < -0.39 is 5.82 Å². The number of amides is 1. The van der Waals surface area contributed by atoms with Crippen molar-refractivity contribution in [1.29, 1.82) is 0 Å². The molecule has 0 atom stereocenters. The molecule has 0 fully saturated rings. The van der Waals surface area contributed by atoms with Crippen LogP contribution < -0.4 is 0 Å². The highest BCUT2D eigenvalue weighted by molar-refractivity contribution is 7.98. The van der Waals surface area contributed by atoms with Crippen molar-refractivity contribution in [3.05, 3.63) is 65.5 Å². The second-order valence-corrected chi connectivity index (χ2v) is 5.37. The summed E-state index contributed by atoms with van der Waals surface area (Å²) in [6.45, 7) is 0.460. The Kier molecular flexibility index (Phi) is 4.79. The van der Waals surface area contributed by atoms with Crippen LogP contribution >= 0.6 is 11.8 Å². The highest BCUT2D eigenvalue weighted by atomic mass is 32.2. The minimum Gasteiger partial charge on any atom is -0.337 e. The summed E-state index contributed by atoms with van der Waals surface area (Å²) in [6.07, 6.45) is 2.02. The molecular formula is C16H16FNOS. The van der Waals surface area contributed by atoms with Gasteiger partial charge in [0.2, 0.25) is 0 Å². The highest BCUT2D eigenvalue weighted by Gasteiger charge is 2.15. The fraction of sp³-hybridized carbons (Fsp3) is 0.188. The molecule has 0 radical (unpaired) electrons. The molecule has 1 amide bonds. The normalized spacial score (nSPS) is 10.3. The third kappa shape index (κ3) is 3.39. The maximum absolute atomic E-state index is 13.6. The van der Waals surface area contributed by atoms with Crippen molar-refractivity contribution < 1.29 is 9.18 Å². The smallest absolute Gasteiger partial charge is 0.256 e. The Morgan fingerprint density at radius 2 is 1.80 bits per heavy atom. The van der Waals surface area contributed by atoms with Crippen molar-refractivity contribution in [3.63, 3.8) is 0 Å². The van der Waals surface area contributed by atoms with E-state index in [-0.39, 0.29) is 11.5 Å². The molecular weight excluding hydrogens is 273 g/mol. The number of benzene rings is 2. The molecule has 2 aromatic carbocycles. The van der Waals surface area contributed by atoms with Crippen LogP contribution in [0.5, 0.6) is 0 Å². The van der Waals surface area contributed by atoms with Crippen molar-refractivity contribution in [2.24, 2.45) is 0 Å². The first-order valence-corrected chi connectivity index (χ1v) is 7.47. The number of thioether (sulfide) groups is 1. The van der Waals surface area contributed by atoms with Gasteiger partial charge < -0.3 is 4.90 Å². The van der Waals surface area contributed by atoms with Crippen molar-refractivity contribution in [2.75, 3.05) is 13.3 Å². The van der Waals surface area contributed by atoms with Crippen LogP contribution in [0.25, 0.3) is 0 Å². The average molecular weight is 289 g/mol. The molecule has 4 heteroatoms. The molecule has 0 aliphatic rings. The lowest BCUT2D eigenvalue weighted by Gasteiger charge is -2.17. The highest BCUT2D eigenvalue weighted by Crippen LogP contribution is 2.16. The Morgan fingerprint density at radius 3 is 2.40 bits per heavy atom. The van der Waals surface area contributed by atoms with Crippen LogP contribution in [0.1, 0.15) is 15.9 Å². The zero-order chi connectivity index (χ0) is 14.5. The molecule has 0 N–H and O–H groups in total. The van der Waals surface area contributed by atoms with E-state index in [9.17, 15) is 9.18 Å². The molecule has 0 bridgehead atoms. The molecule has 20 heavy (non-hydrogen) atoms. The van der Waals surface area contributed by atoms with Gasteiger partial charge in [-0.15, -0.1) is 11.8 Å². The van der Waals surface area contributed by atoms with Crippen LogP contribution in [0.2, 0.25) is 0 Å². The molecule has 2 rings (SSSR count). The van der Waals surface area contributed by atoms with Gasteiger partial charge in [-0.25, -0.2) is 4.39 Å². The Bertz CT molecular complexity index is 598. The van der Waals surface area contributed by atoms with Gasteiger partial charge in [-0.3, -0.25) is 4.79 Å². The van der Waals surface area contributed by atoms with Gasteiger partial charge in [-0.2, -0.15) is 0 Å². The summed E-state index contributed by atoms with van der Waals surface area (Å²) in [6, 6.07) is 14.0. The molecule has 104 valence electrons. The van der Waals surface area contributed by atoms with E-state index in [1.807, 2.05) is 30.5 Å². The number of hydrogen-bond donors (Lipinski definition) is 0. The first-order chi connectivity index (χ1) is 9.61. The Morgan fingerprint density at radius 1 is 1.15 bits per heavy atom. The van der Waals surface area contributed by atoms with E-state index in [0.717, 1.165) is 5.56 Å². The minimum absolute atomic E-state index is 0.107. The summed E-state index contributed by atoms with van der Waals surface area (Å²) in [4.78, 5) is 14.9. The van der Waals surface area contributed by atoms with Crippen LogP contribution in [0, 0.1) is 5.82 Å². The standard InChI is InChI=1S/C16H16FNOS/c1-18(11-12-7-9-13(20-2)10-8-12)16(19)14-5-3-4-6-15(14)17/h3-10H,11H2,1-2H3. The van der Waals surface area contributed by atoms with Gasteiger partial charge in [0.15, 0.2) is 0 Å². The van der Waals surface area contributed by atoms with E-state index >= 15 is 0 Å². The summed E-state index contributed by atoms with van der Waals surface area (Å²) >= 11 is 1.67. The van der Waals surface area contributed by atoms with Crippen LogP contribution in [0.15, 0.2) is 53.4 Å². The Balaban J connectivity index is 2.09. The zero-order valence-corrected chi connectivity index (χ0v) is 12.3. The molecule has 0 aromatic heterocycles. The predicted octanol–water partition coefficient (Wildman–Crippen LogP) is 3.82. The summed E-state index contributed by atoms with van der Waals surface area (Å²) in [5.41, 5.74) is 1.13. The van der Waals surface area contributed by atoms with Crippen molar-refractivity contribution in [2.45, 2.75) is 11.4 Å². The maximum Gasteiger partial charge on any atom is 0.256 e. The van der Waals surface area contributed by atoms with Crippen LogP contribution in [0.4, 0.5) is 4.39 Å². The van der Waals surface area contributed by atoms with Gasteiger partial charge in [-0.1, -0.05) is 24.3 Å². The van der Waals surface area contributed by atoms with Crippen molar-refractivity contribution in [3.8, 4) is 0 Å². The van der Waals surface area contributed by atoms with Gasteiger partial charge in [0, 0.05) is 18.5 Å². The predicted molar refractivity (Wildman–Crippen MR) is 80.4 cm³/mol. The molecule has 0 aliphatic heterocycles.